The van der Waals surface area contributed by atoms with Gasteiger partial charge in [-0.15, -0.1) is 0 Å². The van der Waals surface area contributed by atoms with Gasteiger partial charge >= 0.3 is 10.3 Å². The summed E-state index contributed by atoms with van der Waals surface area (Å²) >= 11 is 0. The summed E-state index contributed by atoms with van der Waals surface area (Å²) in [5.41, 5.74) is 1.14. The number of hydrogen-bond donors (Lipinski definition) is 2. The Hall–Kier alpha value is -1.11. The van der Waals surface area contributed by atoms with Crippen molar-refractivity contribution in [3.8, 4) is 5.75 Å². The summed E-state index contributed by atoms with van der Waals surface area (Å²) in [6, 6.07) is 6.99. The zero-order chi connectivity index (χ0) is 20.5. The van der Waals surface area contributed by atoms with E-state index in [9.17, 15) is 8.42 Å². The summed E-state index contributed by atoms with van der Waals surface area (Å²) in [7, 11) is -3.95. The van der Waals surface area contributed by atoms with Crippen molar-refractivity contribution >= 4 is 10.3 Å². The molecule has 0 aromatic heterocycles. The van der Waals surface area contributed by atoms with Crippen LogP contribution in [0.15, 0.2) is 24.3 Å². The lowest BCUT2D eigenvalue weighted by Crippen LogP contribution is -2.19. The summed E-state index contributed by atoms with van der Waals surface area (Å²) in [4.78, 5) is 0. The molecule has 5 nitrogen and oxygen atoms in total. The van der Waals surface area contributed by atoms with Gasteiger partial charge in [0, 0.05) is 0 Å². The first kappa shape index (κ1) is 24.9. The molecule has 162 valence electrons. The molecule has 0 aliphatic heterocycles. The molecule has 0 heterocycles. The summed E-state index contributed by atoms with van der Waals surface area (Å²) in [5.74, 6) is 0.246. The maximum atomic E-state index is 10.9. The van der Waals surface area contributed by atoms with Crippen molar-refractivity contribution in [2.24, 2.45) is 5.14 Å². The lowest BCUT2D eigenvalue weighted by atomic mass is 10.1. The molecule has 0 saturated carbocycles. The Bertz CT molecular complexity index is 588. The number of benzene rings is 1. The number of hydrogen-bond acceptors (Lipinski definition) is 4. The Balaban J connectivity index is 1.89. The van der Waals surface area contributed by atoms with Crippen molar-refractivity contribution in [3.63, 3.8) is 0 Å². The fraction of sp³-hybridized carbons (Fsp3) is 0.727. The van der Waals surface area contributed by atoms with Crippen LogP contribution in [0, 0.1) is 0 Å². The molecule has 0 atom stereocenters. The van der Waals surface area contributed by atoms with E-state index in [2.05, 4.69) is 16.4 Å². The van der Waals surface area contributed by atoms with Crippen molar-refractivity contribution in [1.82, 2.24) is 5.32 Å². The maximum absolute atomic E-state index is 10.9. The van der Waals surface area contributed by atoms with Gasteiger partial charge in [-0.05, 0) is 43.6 Å². The number of unbranched alkanes of at least 4 members (excludes halogenated alkanes) is 11. The molecule has 0 aliphatic rings. The van der Waals surface area contributed by atoms with Gasteiger partial charge in [0.25, 0.3) is 0 Å². The van der Waals surface area contributed by atoms with E-state index in [-0.39, 0.29) is 5.75 Å². The van der Waals surface area contributed by atoms with E-state index in [4.69, 9.17) is 5.14 Å². The molecule has 0 aliphatic carbocycles. The van der Waals surface area contributed by atoms with Crippen LogP contribution in [0.4, 0.5) is 0 Å². The first-order chi connectivity index (χ1) is 13.5. The molecular formula is C22H40N2O3S. The van der Waals surface area contributed by atoms with E-state index in [0.29, 0.717) is 0 Å². The standard InChI is InChI=1S/C22H40N2O3S/c1-2-3-4-5-6-7-8-9-10-11-12-13-19-24-20-18-21-14-16-22(17-15-21)27-28(23,25)26/h14-17,24H,2-13,18-20H2,1H3,(H2,23,25,26). The molecule has 28 heavy (non-hydrogen) atoms. The first-order valence-corrected chi connectivity index (χ1v) is 12.5. The third-order valence-corrected chi connectivity index (χ3v) is 5.36. The van der Waals surface area contributed by atoms with E-state index in [1.165, 1.54) is 77.0 Å². The minimum Gasteiger partial charge on any atom is -0.371 e. The third kappa shape index (κ3) is 14.9. The van der Waals surface area contributed by atoms with Gasteiger partial charge in [-0.1, -0.05) is 89.7 Å². The van der Waals surface area contributed by atoms with Gasteiger partial charge in [-0.3, -0.25) is 0 Å². The second-order valence-corrected chi connectivity index (χ2v) is 8.76. The predicted octanol–water partition coefficient (Wildman–Crippen LogP) is 5.10. The molecule has 0 saturated heterocycles. The van der Waals surface area contributed by atoms with Crippen LogP contribution in [0.3, 0.4) is 0 Å². The van der Waals surface area contributed by atoms with E-state index in [1.807, 2.05) is 12.1 Å². The summed E-state index contributed by atoms with van der Waals surface area (Å²) in [5, 5.41) is 8.32. The van der Waals surface area contributed by atoms with Crippen LogP contribution in [0.5, 0.6) is 5.75 Å². The quantitative estimate of drug-likeness (QED) is 0.329. The fourth-order valence-electron chi connectivity index (χ4n) is 3.29. The number of nitrogens with two attached hydrogens (primary N) is 1. The Kier molecular flexibility index (Phi) is 14.0. The van der Waals surface area contributed by atoms with Gasteiger partial charge in [0.1, 0.15) is 5.75 Å². The maximum Gasteiger partial charge on any atom is 0.380 e. The van der Waals surface area contributed by atoms with Crippen LogP contribution in [0.25, 0.3) is 0 Å². The van der Waals surface area contributed by atoms with Gasteiger partial charge in [-0.25, -0.2) is 0 Å². The van der Waals surface area contributed by atoms with Crippen LogP contribution < -0.4 is 14.6 Å². The lowest BCUT2D eigenvalue weighted by molar-refractivity contribution is 0.487. The Labute approximate surface area is 172 Å². The number of rotatable bonds is 18. The van der Waals surface area contributed by atoms with Crippen LogP contribution in [-0.4, -0.2) is 21.5 Å². The Morgan fingerprint density at radius 1 is 0.786 bits per heavy atom. The summed E-state index contributed by atoms with van der Waals surface area (Å²) in [6.07, 6.45) is 17.4. The largest absolute Gasteiger partial charge is 0.380 e. The molecular weight excluding hydrogens is 372 g/mol. The second kappa shape index (κ2) is 15.8. The zero-order valence-electron chi connectivity index (χ0n) is 17.6. The van der Waals surface area contributed by atoms with Crippen LogP contribution in [-0.2, 0) is 16.7 Å². The summed E-state index contributed by atoms with van der Waals surface area (Å²) < 4.78 is 26.3. The highest BCUT2D eigenvalue weighted by Gasteiger charge is 2.04. The smallest absolute Gasteiger partial charge is 0.371 e. The van der Waals surface area contributed by atoms with E-state index < -0.39 is 10.3 Å². The van der Waals surface area contributed by atoms with E-state index in [0.717, 1.165) is 25.1 Å². The highest BCUT2D eigenvalue weighted by atomic mass is 32.2. The minimum absolute atomic E-state index is 0.246. The van der Waals surface area contributed by atoms with E-state index >= 15 is 0 Å². The molecule has 3 N–H and O–H groups in total. The van der Waals surface area contributed by atoms with Crippen molar-refractivity contribution < 1.29 is 12.6 Å². The molecule has 1 rings (SSSR count). The average molecular weight is 413 g/mol. The van der Waals surface area contributed by atoms with Crippen LogP contribution in [0.2, 0.25) is 0 Å². The van der Waals surface area contributed by atoms with Crippen LogP contribution in [0.1, 0.15) is 89.5 Å². The van der Waals surface area contributed by atoms with Gasteiger partial charge in [-0.2, -0.15) is 13.6 Å². The second-order valence-electron chi connectivity index (χ2n) is 7.61. The van der Waals surface area contributed by atoms with Crippen molar-refractivity contribution in [1.29, 1.82) is 0 Å². The zero-order valence-corrected chi connectivity index (χ0v) is 18.4. The highest BCUT2D eigenvalue weighted by molar-refractivity contribution is 7.84. The van der Waals surface area contributed by atoms with Gasteiger partial charge in [0.05, 0.1) is 0 Å². The summed E-state index contributed by atoms with van der Waals surface area (Å²) in [6.45, 7) is 4.25. The number of nitrogens with one attached hydrogen (secondary N) is 1. The average Bonchev–Trinajstić information content (AvgIpc) is 2.65. The Morgan fingerprint density at radius 2 is 1.29 bits per heavy atom. The molecule has 0 fully saturated rings. The van der Waals surface area contributed by atoms with Crippen molar-refractivity contribution in [2.75, 3.05) is 13.1 Å². The first-order valence-electron chi connectivity index (χ1n) is 11.0. The third-order valence-electron chi connectivity index (χ3n) is 4.93. The Morgan fingerprint density at radius 3 is 1.79 bits per heavy atom. The normalized spacial score (nSPS) is 11.6. The van der Waals surface area contributed by atoms with E-state index in [1.54, 1.807) is 12.1 Å². The minimum atomic E-state index is -3.95. The molecule has 1 aromatic carbocycles. The van der Waals surface area contributed by atoms with Gasteiger partial charge in [0.15, 0.2) is 0 Å². The molecule has 1 aromatic rings. The monoisotopic (exact) mass is 412 g/mol. The predicted molar refractivity (Wildman–Crippen MR) is 118 cm³/mol. The molecule has 0 unspecified atom stereocenters. The molecule has 0 radical (unpaired) electrons. The van der Waals surface area contributed by atoms with Crippen LogP contribution >= 0.6 is 0 Å². The molecule has 0 bridgehead atoms. The molecule has 6 heteroatoms. The lowest BCUT2D eigenvalue weighted by Gasteiger charge is -2.07. The highest BCUT2D eigenvalue weighted by Crippen LogP contribution is 2.14. The molecule has 0 amide bonds. The fourth-order valence-corrected chi connectivity index (χ4v) is 3.67. The molecule has 0 spiro atoms. The topological polar surface area (TPSA) is 81.4 Å². The van der Waals surface area contributed by atoms with Gasteiger partial charge in [0.2, 0.25) is 0 Å². The van der Waals surface area contributed by atoms with Gasteiger partial charge < -0.3 is 9.50 Å². The van der Waals surface area contributed by atoms with Crippen molar-refractivity contribution in [3.05, 3.63) is 29.8 Å². The SMILES string of the molecule is CCCCCCCCCCCCCCNCCc1ccc(OS(N)(=O)=O)cc1. The van der Waals surface area contributed by atoms with Crippen molar-refractivity contribution in [2.45, 2.75) is 90.4 Å².